The number of carboxylic acids is 1. The molecule has 2 atom stereocenters. The van der Waals surface area contributed by atoms with Crippen molar-refractivity contribution < 1.29 is 37.0 Å². The van der Waals surface area contributed by atoms with E-state index in [9.17, 15) is 22.4 Å². The molecule has 3 fully saturated rings. The fourth-order valence-electron chi connectivity index (χ4n) is 4.21. The molecule has 0 bridgehead atoms. The molecule has 3 aliphatic rings. The molecule has 0 radical (unpaired) electrons. The number of likely N-dealkylation sites (tertiary alicyclic amines) is 1. The van der Waals surface area contributed by atoms with Gasteiger partial charge in [-0.25, -0.2) is 23.9 Å². The summed E-state index contributed by atoms with van der Waals surface area (Å²) in [5.41, 5.74) is -0.134. The number of alkyl halides is 3. The number of rotatable bonds is 2. The highest BCUT2D eigenvalue weighted by Gasteiger charge is 2.48. The van der Waals surface area contributed by atoms with Gasteiger partial charge in [0.2, 0.25) is 5.95 Å². The molecule has 0 aromatic carbocycles. The van der Waals surface area contributed by atoms with Gasteiger partial charge in [-0.3, -0.25) is 0 Å². The van der Waals surface area contributed by atoms with Crippen LogP contribution in [-0.2, 0) is 9.53 Å². The molecule has 3 aliphatic heterocycles. The van der Waals surface area contributed by atoms with Gasteiger partial charge in [0.1, 0.15) is 0 Å². The Morgan fingerprint density at radius 1 is 1.19 bits per heavy atom. The summed E-state index contributed by atoms with van der Waals surface area (Å²) >= 11 is 0. The van der Waals surface area contributed by atoms with Crippen LogP contribution >= 0.6 is 0 Å². The number of urea groups is 1. The zero-order valence-electron chi connectivity index (χ0n) is 17.3. The molecular weight excluding hydrogens is 438 g/mol. The van der Waals surface area contributed by atoms with E-state index in [4.69, 9.17) is 14.6 Å². The van der Waals surface area contributed by atoms with Crippen molar-refractivity contribution in [2.24, 2.45) is 5.41 Å². The molecular formula is C19H25F4N5O4. The second-order valence-electron chi connectivity index (χ2n) is 8.08. The zero-order valence-corrected chi connectivity index (χ0v) is 17.3. The van der Waals surface area contributed by atoms with Gasteiger partial charge in [0.15, 0.2) is 5.82 Å². The number of hydrogen-bond donors (Lipinski definition) is 2. The Balaban J connectivity index is 0.000000360. The van der Waals surface area contributed by atoms with E-state index < -0.39 is 18.0 Å². The van der Waals surface area contributed by atoms with Crippen LogP contribution in [0.2, 0.25) is 0 Å². The van der Waals surface area contributed by atoms with E-state index >= 15 is 0 Å². The molecule has 32 heavy (non-hydrogen) atoms. The maximum absolute atomic E-state index is 13.1. The van der Waals surface area contributed by atoms with Gasteiger partial charge in [0.05, 0.1) is 19.0 Å². The third kappa shape index (κ3) is 5.75. The number of ether oxygens (including phenoxy) is 1. The molecule has 2 N–H and O–H groups in total. The number of carbonyl (C=O) groups is 2. The molecule has 13 heteroatoms. The Morgan fingerprint density at radius 2 is 1.81 bits per heavy atom. The van der Waals surface area contributed by atoms with Gasteiger partial charge < -0.3 is 25.0 Å². The molecule has 178 valence electrons. The van der Waals surface area contributed by atoms with Crippen LogP contribution in [0, 0.1) is 11.2 Å². The number of aromatic nitrogens is 2. The molecule has 1 spiro atoms. The molecule has 3 saturated heterocycles. The number of nitrogens with zero attached hydrogens (tertiary/aromatic N) is 4. The topological polar surface area (TPSA) is 108 Å². The summed E-state index contributed by atoms with van der Waals surface area (Å²) in [6.45, 7) is 4.47. The molecule has 2 unspecified atom stereocenters. The number of carbonyl (C=O) groups excluding carboxylic acids is 1. The Hall–Kier alpha value is -2.70. The first-order valence-corrected chi connectivity index (χ1v) is 10.3. The van der Waals surface area contributed by atoms with Crippen molar-refractivity contribution >= 4 is 17.9 Å². The van der Waals surface area contributed by atoms with Crippen LogP contribution in [0.1, 0.15) is 25.7 Å². The highest BCUT2D eigenvalue weighted by Crippen LogP contribution is 2.39. The minimum atomic E-state index is -5.08. The molecule has 4 rings (SSSR count). The Labute approximate surface area is 181 Å². The number of hydrogen-bond acceptors (Lipinski definition) is 6. The first-order valence-electron chi connectivity index (χ1n) is 10.3. The van der Waals surface area contributed by atoms with E-state index in [2.05, 4.69) is 20.2 Å². The van der Waals surface area contributed by atoms with Crippen LogP contribution in [0.25, 0.3) is 0 Å². The predicted octanol–water partition coefficient (Wildman–Crippen LogP) is 2.04. The molecule has 2 amide bonds. The summed E-state index contributed by atoms with van der Waals surface area (Å²) in [5, 5.41) is 10.4. The van der Waals surface area contributed by atoms with Crippen LogP contribution in [0.4, 0.5) is 28.3 Å². The Bertz CT molecular complexity index is 804. The first-order chi connectivity index (χ1) is 15.1. The van der Waals surface area contributed by atoms with Gasteiger partial charge >= 0.3 is 18.2 Å². The van der Waals surface area contributed by atoms with Gasteiger partial charge in [-0.1, -0.05) is 0 Å². The summed E-state index contributed by atoms with van der Waals surface area (Å²) in [6.07, 6.45) is 1.19. The van der Waals surface area contributed by atoms with Crippen LogP contribution in [0.15, 0.2) is 12.4 Å². The van der Waals surface area contributed by atoms with Gasteiger partial charge in [0.25, 0.3) is 0 Å². The van der Waals surface area contributed by atoms with Crippen molar-refractivity contribution in [2.75, 3.05) is 44.3 Å². The third-order valence-corrected chi connectivity index (χ3v) is 5.89. The van der Waals surface area contributed by atoms with E-state index in [1.165, 1.54) is 12.4 Å². The minimum absolute atomic E-state index is 0.0419. The maximum atomic E-state index is 13.1. The summed E-state index contributed by atoms with van der Waals surface area (Å²) in [7, 11) is 0. The fourth-order valence-corrected chi connectivity index (χ4v) is 4.21. The number of aliphatic carboxylic acids is 1. The normalized spacial score (nSPS) is 25.4. The number of anilines is 1. The van der Waals surface area contributed by atoms with Crippen molar-refractivity contribution in [1.82, 2.24) is 20.2 Å². The number of halogens is 4. The summed E-state index contributed by atoms with van der Waals surface area (Å²) in [5.74, 6) is -2.66. The Morgan fingerprint density at radius 3 is 2.41 bits per heavy atom. The summed E-state index contributed by atoms with van der Waals surface area (Å²) in [4.78, 5) is 33.6. The molecule has 4 heterocycles. The van der Waals surface area contributed by atoms with E-state index in [1.807, 2.05) is 4.90 Å². The van der Waals surface area contributed by atoms with Crippen LogP contribution in [-0.4, -0.2) is 83.6 Å². The zero-order chi connectivity index (χ0) is 23.4. The number of carboxylic acid groups (broad SMARTS) is 1. The molecule has 1 aromatic rings. The second kappa shape index (κ2) is 9.84. The molecule has 1 aromatic heterocycles. The van der Waals surface area contributed by atoms with Crippen molar-refractivity contribution in [1.29, 1.82) is 0 Å². The van der Waals surface area contributed by atoms with Gasteiger partial charge in [-0.15, -0.1) is 0 Å². The average molecular weight is 463 g/mol. The average Bonchev–Trinajstić information content (AvgIpc) is 3.41. The lowest BCUT2D eigenvalue weighted by atomic mass is 9.77. The van der Waals surface area contributed by atoms with Crippen LogP contribution in [0.3, 0.4) is 0 Å². The van der Waals surface area contributed by atoms with E-state index in [0.29, 0.717) is 25.7 Å². The maximum Gasteiger partial charge on any atom is 0.490 e. The molecule has 0 aliphatic carbocycles. The minimum Gasteiger partial charge on any atom is -0.475 e. The fraction of sp³-hybridized carbons (Fsp3) is 0.684. The number of amides is 2. The lowest BCUT2D eigenvalue weighted by molar-refractivity contribution is -0.192. The van der Waals surface area contributed by atoms with Gasteiger partial charge in [0, 0.05) is 44.2 Å². The smallest absolute Gasteiger partial charge is 0.475 e. The predicted molar refractivity (Wildman–Crippen MR) is 104 cm³/mol. The monoisotopic (exact) mass is 463 g/mol. The second-order valence-corrected chi connectivity index (χ2v) is 8.08. The molecule has 9 nitrogen and oxygen atoms in total. The van der Waals surface area contributed by atoms with E-state index in [-0.39, 0.29) is 17.5 Å². The van der Waals surface area contributed by atoms with Crippen LogP contribution in [0.5, 0.6) is 0 Å². The lowest BCUT2D eigenvalue weighted by Gasteiger charge is -2.41. The summed E-state index contributed by atoms with van der Waals surface area (Å²) < 4.78 is 50.6. The van der Waals surface area contributed by atoms with Crippen molar-refractivity contribution in [3.8, 4) is 0 Å². The molecule has 0 saturated carbocycles. The quantitative estimate of drug-likeness (QED) is 0.647. The highest BCUT2D eigenvalue weighted by atomic mass is 19.4. The van der Waals surface area contributed by atoms with Crippen molar-refractivity contribution in [3.05, 3.63) is 18.2 Å². The van der Waals surface area contributed by atoms with Crippen LogP contribution < -0.4 is 10.2 Å². The van der Waals surface area contributed by atoms with Crippen molar-refractivity contribution in [2.45, 2.75) is 37.9 Å². The highest BCUT2D eigenvalue weighted by molar-refractivity contribution is 5.75. The van der Waals surface area contributed by atoms with E-state index in [1.54, 1.807) is 0 Å². The SMILES string of the molecule is O=C(NC1CCOCC12CCN(c1ncc(F)cn1)C2)N1CCCC1.O=C(O)C(F)(F)F. The summed E-state index contributed by atoms with van der Waals surface area (Å²) in [6, 6.07) is 0.125. The van der Waals surface area contributed by atoms with Crippen molar-refractivity contribution in [3.63, 3.8) is 0 Å². The lowest BCUT2D eigenvalue weighted by Crippen LogP contribution is -2.57. The van der Waals surface area contributed by atoms with E-state index in [0.717, 1.165) is 45.3 Å². The van der Waals surface area contributed by atoms with Gasteiger partial charge in [-0.2, -0.15) is 13.2 Å². The standard InChI is InChI=1S/C17H24FN5O2.C2HF3O2/c18-13-9-19-15(20-10-13)23-7-4-17(11-23)12-25-8-3-14(17)21-16(24)22-5-1-2-6-22;3-2(4,5)1(6)7/h9-10,14H,1-8,11-12H2,(H,21,24);(H,6,7). The first kappa shape index (κ1) is 24.0. The Kier molecular flexibility index (Phi) is 7.36. The van der Waals surface area contributed by atoms with Gasteiger partial charge in [-0.05, 0) is 25.7 Å². The largest absolute Gasteiger partial charge is 0.490 e. The number of nitrogens with one attached hydrogen (secondary N) is 1. The third-order valence-electron chi connectivity index (χ3n) is 5.89.